The molecule has 0 aliphatic rings. The molecule has 1 atom stereocenters. The summed E-state index contributed by atoms with van der Waals surface area (Å²) in [5.41, 5.74) is 6.25. The summed E-state index contributed by atoms with van der Waals surface area (Å²) in [6.45, 7) is 3.55. The van der Waals surface area contributed by atoms with Crippen molar-refractivity contribution in [1.29, 1.82) is 0 Å². The molecule has 18 heavy (non-hydrogen) atoms. The van der Waals surface area contributed by atoms with Crippen molar-refractivity contribution in [2.75, 3.05) is 7.11 Å². The number of carbonyl (C=O) groups excluding carboxylic acids is 1. The lowest BCUT2D eigenvalue weighted by atomic mass is 9.81. The smallest absolute Gasteiger partial charge is 0.313 e. The third-order valence-electron chi connectivity index (χ3n) is 2.79. The van der Waals surface area contributed by atoms with E-state index in [9.17, 15) is 4.79 Å². The van der Waals surface area contributed by atoms with E-state index >= 15 is 0 Å². The molecule has 0 amide bonds. The maximum absolute atomic E-state index is 11.7. The summed E-state index contributed by atoms with van der Waals surface area (Å²) in [7, 11) is 1.37. The van der Waals surface area contributed by atoms with Gasteiger partial charge in [0.15, 0.2) is 0 Å². The number of benzene rings is 1. The molecule has 0 radical (unpaired) electrons. The number of halogens is 3. The van der Waals surface area contributed by atoms with Crippen LogP contribution in [0.1, 0.15) is 25.5 Å². The number of hydrogen-bond donors (Lipinski definition) is 1. The predicted molar refractivity (Wildman–Crippen MR) is 81.8 cm³/mol. The van der Waals surface area contributed by atoms with Gasteiger partial charge >= 0.3 is 5.97 Å². The Kier molecular flexibility index (Phi) is 6.85. The molecule has 0 bridgehead atoms. The molecule has 0 aliphatic carbocycles. The molecule has 6 heteroatoms. The lowest BCUT2D eigenvalue weighted by Gasteiger charge is -2.29. The lowest BCUT2D eigenvalue weighted by molar-refractivity contribution is -0.152. The van der Waals surface area contributed by atoms with Gasteiger partial charge in [0, 0.05) is 15.0 Å². The van der Waals surface area contributed by atoms with Crippen molar-refractivity contribution < 1.29 is 9.53 Å². The van der Waals surface area contributed by atoms with Crippen LogP contribution in [0.4, 0.5) is 0 Å². The van der Waals surface area contributed by atoms with Crippen LogP contribution in [0.5, 0.6) is 0 Å². The van der Waals surface area contributed by atoms with Gasteiger partial charge in [-0.15, -0.1) is 12.4 Å². The Morgan fingerprint density at radius 1 is 1.33 bits per heavy atom. The summed E-state index contributed by atoms with van der Waals surface area (Å²) in [5, 5.41) is 0. The zero-order chi connectivity index (χ0) is 13.2. The summed E-state index contributed by atoms with van der Waals surface area (Å²) in [5.74, 6) is -0.316. The normalized spacial score (nSPS) is 12.6. The zero-order valence-electron chi connectivity index (χ0n) is 10.4. The topological polar surface area (TPSA) is 52.3 Å². The van der Waals surface area contributed by atoms with E-state index in [4.69, 9.17) is 10.5 Å². The molecule has 1 aromatic rings. The van der Waals surface area contributed by atoms with Crippen molar-refractivity contribution >= 4 is 50.2 Å². The van der Waals surface area contributed by atoms with Crippen molar-refractivity contribution in [3.63, 3.8) is 0 Å². The van der Waals surface area contributed by atoms with Crippen molar-refractivity contribution in [1.82, 2.24) is 0 Å². The van der Waals surface area contributed by atoms with Crippen LogP contribution in [0.25, 0.3) is 0 Å². The average molecular weight is 402 g/mol. The number of esters is 1. The second kappa shape index (κ2) is 6.89. The minimum atomic E-state index is -0.762. The molecule has 0 aromatic heterocycles. The van der Waals surface area contributed by atoms with E-state index in [2.05, 4.69) is 31.9 Å². The van der Waals surface area contributed by atoms with Crippen LogP contribution < -0.4 is 5.73 Å². The molecule has 1 aromatic carbocycles. The van der Waals surface area contributed by atoms with Gasteiger partial charge in [0.1, 0.15) is 0 Å². The largest absolute Gasteiger partial charge is 0.469 e. The van der Waals surface area contributed by atoms with E-state index in [1.54, 1.807) is 13.8 Å². The molecule has 3 nitrogen and oxygen atoms in total. The van der Waals surface area contributed by atoms with Crippen molar-refractivity contribution in [3.05, 3.63) is 32.7 Å². The minimum Gasteiger partial charge on any atom is -0.469 e. The number of nitrogens with two attached hydrogens (primary N) is 1. The molecule has 1 rings (SSSR count). The second-order valence-corrected chi connectivity index (χ2v) is 6.07. The molecule has 0 heterocycles. The summed E-state index contributed by atoms with van der Waals surface area (Å²) >= 11 is 6.81. The van der Waals surface area contributed by atoms with Crippen LogP contribution in [0, 0.1) is 5.41 Å². The van der Waals surface area contributed by atoms with E-state index in [1.807, 2.05) is 18.2 Å². The molecule has 2 N–H and O–H groups in total. The van der Waals surface area contributed by atoms with Gasteiger partial charge in [0.05, 0.1) is 12.5 Å². The molecule has 102 valence electrons. The first-order chi connectivity index (χ1) is 7.80. The number of ether oxygens (including phenoxy) is 1. The van der Waals surface area contributed by atoms with Gasteiger partial charge in [-0.05, 0) is 63.4 Å². The standard InChI is InChI=1S/C12H15Br2NO2.ClH/c1-12(2,11(16)17-3)10(15)7-4-5-8(13)9(14)6-7;/h4-6,10H,15H2,1-3H3;1H/t10-;/m0./s1. The highest BCUT2D eigenvalue weighted by molar-refractivity contribution is 9.13. The Morgan fingerprint density at radius 2 is 1.89 bits per heavy atom. The van der Waals surface area contributed by atoms with Gasteiger partial charge in [-0.2, -0.15) is 0 Å². The van der Waals surface area contributed by atoms with Crippen LogP contribution in [-0.2, 0) is 9.53 Å². The average Bonchev–Trinajstić information content (AvgIpc) is 2.30. The van der Waals surface area contributed by atoms with Gasteiger partial charge in [-0.1, -0.05) is 6.07 Å². The van der Waals surface area contributed by atoms with E-state index in [0.717, 1.165) is 14.5 Å². The first kappa shape index (κ1) is 17.9. The first-order valence-electron chi connectivity index (χ1n) is 5.09. The lowest BCUT2D eigenvalue weighted by Crippen LogP contribution is -2.37. The highest BCUT2D eigenvalue weighted by Gasteiger charge is 2.36. The van der Waals surface area contributed by atoms with Crippen LogP contribution >= 0.6 is 44.3 Å². The van der Waals surface area contributed by atoms with Gasteiger partial charge in [-0.3, -0.25) is 4.79 Å². The van der Waals surface area contributed by atoms with Crippen molar-refractivity contribution in [3.8, 4) is 0 Å². The summed E-state index contributed by atoms with van der Waals surface area (Å²) < 4.78 is 6.63. The fourth-order valence-electron chi connectivity index (χ4n) is 1.51. The van der Waals surface area contributed by atoms with Crippen molar-refractivity contribution in [2.45, 2.75) is 19.9 Å². The Labute approximate surface area is 130 Å². The fourth-order valence-corrected chi connectivity index (χ4v) is 2.16. The number of carbonyl (C=O) groups is 1. The third-order valence-corrected chi connectivity index (χ3v) is 4.67. The molecular weight excluding hydrogens is 385 g/mol. The quantitative estimate of drug-likeness (QED) is 0.783. The van der Waals surface area contributed by atoms with E-state index in [-0.39, 0.29) is 18.4 Å². The Morgan fingerprint density at radius 3 is 2.33 bits per heavy atom. The molecule has 0 aliphatic heterocycles. The van der Waals surface area contributed by atoms with Gasteiger partial charge in [0.25, 0.3) is 0 Å². The maximum atomic E-state index is 11.7. The molecule has 0 saturated heterocycles. The van der Waals surface area contributed by atoms with Crippen molar-refractivity contribution in [2.24, 2.45) is 11.1 Å². The summed E-state index contributed by atoms with van der Waals surface area (Å²) in [6, 6.07) is 5.27. The van der Waals surface area contributed by atoms with Gasteiger partial charge < -0.3 is 10.5 Å². The van der Waals surface area contributed by atoms with Crippen LogP contribution in [-0.4, -0.2) is 13.1 Å². The minimum absolute atomic E-state index is 0. The number of methoxy groups -OCH3 is 1. The molecule has 0 spiro atoms. The molecule has 0 fully saturated rings. The Balaban J connectivity index is 0.00000289. The number of hydrogen-bond acceptors (Lipinski definition) is 3. The Bertz CT molecular complexity index is 438. The van der Waals surface area contributed by atoms with E-state index in [1.165, 1.54) is 7.11 Å². The zero-order valence-corrected chi connectivity index (χ0v) is 14.4. The molecular formula is C12H16Br2ClNO2. The monoisotopic (exact) mass is 399 g/mol. The fraction of sp³-hybridized carbons (Fsp3) is 0.417. The summed E-state index contributed by atoms with van der Waals surface area (Å²) in [4.78, 5) is 11.7. The molecule has 0 unspecified atom stereocenters. The third kappa shape index (κ3) is 3.70. The highest BCUT2D eigenvalue weighted by Crippen LogP contribution is 2.35. The van der Waals surface area contributed by atoms with Gasteiger partial charge in [0.2, 0.25) is 0 Å². The predicted octanol–water partition coefficient (Wildman–Crippen LogP) is 3.83. The maximum Gasteiger partial charge on any atom is 0.313 e. The van der Waals surface area contributed by atoms with Crippen LogP contribution in [0.15, 0.2) is 27.1 Å². The van der Waals surface area contributed by atoms with E-state index in [0.29, 0.717) is 0 Å². The van der Waals surface area contributed by atoms with Gasteiger partial charge in [-0.25, -0.2) is 0 Å². The highest BCUT2D eigenvalue weighted by atomic mass is 79.9. The van der Waals surface area contributed by atoms with Crippen LogP contribution in [0.2, 0.25) is 0 Å². The second-order valence-electron chi connectivity index (χ2n) is 4.36. The summed E-state index contributed by atoms with van der Waals surface area (Å²) in [6.07, 6.45) is 0. The molecule has 0 saturated carbocycles. The SMILES string of the molecule is COC(=O)C(C)(C)[C@@H](N)c1ccc(Br)c(Br)c1.Cl. The Hall–Kier alpha value is -0.100. The van der Waals surface area contributed by atoms with E-state index < -0.39 is 11.5 Å². The first-order valence-corrected chi connectivity index (χ1v) is 6.68. The number of rotatable bonds is 3. The van der Waals surface area contributed by atoms with Crippen LogP contribution in [0.3, 0.4) is 0 Å².